The molecule has 0 aliphatic heterocycles. The van der Waals surface area contributed by atoms with Crippen LogP contribution in [0.4, 0.5) is 0 Å². The van der Waals surface area contributed by atoms with Crippen molar-refractivity contribution in [2.75, 3.05) is 26.2 Å². The number of rotatable bonds is 7. The number of hydrogen-bond donors (Lipinski definition) is 1. The van der Waals surface area contributed by atoms with Crippen LogP contribution in [0.25, 0.3) is 11.0 Å². The Hall–Kier alpha value is -1.95. The third kappa shape index (κ3) is 3.44. The van der Waals surface area contributed by atoms with Gasteiger partial charge in [0.05, 0.1) is 0 Å². The van der Waals surface area contributed by atoms with Crippen molar-refractivity contribution in [2.24, 2.45) is 0 Å². The van der Waals surface area contributed by atoms with E-state index in [0.29, 0.717) is 6.54 Å². The Balaban J connectivity index is 2.03. The number of likely N-dealkylation sites (N-methyl/N-ethyl adjacent to an activating group) is 1. The highest BCUT2D eigenvalue weighted by Crippen LogP contribution is 2.16. The standard InChI is InChI=1S/C16H25N5O/c1-5-20(6-2)12-11-17-15(22)16(3,4)21-18-13-9-7-8-10-14(13)19-21/h7-10H,5-6,11-12H2,1-4H3,(H,17,22). The van der Waals surface area contributed by atoms with Gasteiger partial charge in [-0.2, -0.15) is 15.0 Å². The third-order valence-electron chi connectivity index (χ3n) is 3.95. The lowest BCUT2D eigenvalue weighted by Crippen LogP contribution is -2.47. The molecule has 0 bridgehead atoms. The maximum absolute atomic E-state index is 12.5. The minimum absolute atomic E-state index is 0.0695. The summed E-state index contributed by atoms with van der Waals surface area (Å²) in [4.78, 5) is 16.2. The summed E-state index contributed by atoms with van der Waals surface area (Å²) in [5, 5.41) is 11.8. The van der Waals surface area contributed by atoms with Crippen molar-refractivity contribution >= 4 is 16.9 Å². The smallest absolute Gasteiger partial charge is 0.249 e. The fourth-order valence-corrected chi connectivity index (χ4v) is 2.28. The first kappa shape index (κ1) is 16.4. The van der Waals surface area contributed by atoms with Gasteiger partial charge in [-0.1, -0.05) is 26.0 Å². The van der Waals surface area contributed by atoms with Gasteiger partial charge in [0.15, 0.2) is 5.54 Å². The van der Waals surface area contributed by atoms with E-state index in [2.05, 4.69) is 34.3 Å². The van der Waals surface area contributed by atoms with Gasteiger partial charge in [0.25, 0.3) is 0 Å². The predicted molar refractivity (Wildman–Crippen MR) is 87.6 cm³/mol. The lowest BCUT2D eigenvalue weighted by molar-refractivity contribution is -0.129. The fourth-order valence-electron chi connectivity index (χ4n) is 2.28. The number of nitrogens with one attached hydrogen (secondary N) is 1. The first-order chi connectivity index (χ1) is 10.5. The van der Waals surface area contributed by atoms with E-state index in [-0.39, 0.29) is 5.91 Å². The molecular formula is C16H25N5O. The number of carbonyl (C=O) groups is 1. The van der Waals surface area contributed by atoms with Crippen LogP contribution in [0, 0.1) is 0 Å². The molecule has 2 aromatic rings. The van der Waals surface area contributed by atoms with Crippen LogP contribution >= 0.6 is 0 Å². The zero-order valence-electron chi connectivity index (χ0n) is 13.8. The highest BCUT2D eigenvalue weighted by Gasteiger charge is 2.32. The van der Waals surface area contributed by atoms with Crippen LogP contribution < -0.4 is 5.32 Å². The minimum atomic E-state index is -0.817. The van der Waals surface area contributed by atoms with Gasteiger partial charge in [-0.25, -0.2) is 0 Å². The Morgan fingerprint density at radius 3 is 2.23 bits per heavy atom. The lowest BCUT2D eigenvalue weighted by Gasteiger charge is -2.24. The quantitative estimate of drug-likeness (QED) is 0.844. The van der Waals surface area contributed by atoms with Gasteiger partial charge in [0.2, 0.25) is 5.91 Å². The van der Waals surface area contributed by atoms with Crippen molar-refractivity contribution in [3.63, 3.8) is 0 Å². The molecule has 0 unspecified atom stereocenters. The van der Waals surface area contributed by atoms with Gasteiger partial charge in [0, 0.05) is 13.1 Å². The number of amides is 1. The Morgan fingerprint density at radius 1 is 1.18 bits per heavy atom. The van der Waals surface area contributed by atoms with Crippen LogP contribution in [0.5, 0.6) is 0 Å². The molecule has 0 fully saturated rings. The summed E-state index contributed by atoms with van der Waals surface area (Å²) in [7, 11) is 0. The molecule has 0 saturated heterocycles. The number of benzene rings is 1. The summed E-state index contributed by atoms with van der Waals surface area (Å²) >= 11 is 0. The van der Waals surface area contributed by atoms with Gasteiger partial charge in [-0.05, 0) is 39.1 Å². The van der Waals surface area contributed by atoms with Crippen molar-refractivity contribution in [1.82, 2.24) is 25.2 Å². The van der Waals surface area contributed by atoms with E-state index in [9.17, 15) is 4.79 Å². The van der Waals surface area contributed by atoms with Crippen molar-refractivity contribution < 1.29 is 4.79 Å². The molecule has 6 nitrogen and oxygen atoms in total. The van der Waals surface area contributed by atoms with Crippen LogP contribution in [-0.4, -0.2) is 52.0 Å². The summed E-state index contributed by atoms with van der Waals surface area (Å²) in [5.41, 5.74) is 0.778. The van der Waals surface area contributed by atoms with Gasteiger partial charge in [-0.3, -0.25) is 4.79 Å². The molecule has 1 aromatic heterocycles. The van der Waals surface area contributed by atoms with Crippen LogP contribution in [0.15, 0.2) is 24.3 Å². The van der Waals surface area contributed by atoms with E-state index in [4.69, 9.17) is 0 Å². The molecule has 120 valence electrons. The van der Waals surface area contributed by atoms with Gasteiger partial charge < -0.3 is 10.2 Å². The summed E-state index contributed by atoms with van der Waals surface area (Å²) in [5.74, 6) is -0.0695. The van der Waals surface area contributed by atoms with Crippen molar-refractivity contribution in [3.8, 4) is 0 Å². The molecule has 2 rings (SSSR count). The second-order valence-electron chi connectivity index (χ2n) is 5.82. The molecule has 0 aliphatic carbocycles. The SMILES string of the molecule is CCN(CC)CCNC(=O)C(C)(C)n1nc2ccccc2n1. The maximum Gasteiger partial charge on any atom is 0.249 e. The van der Waals surface area contributed by atoms with Crippen molar-refractivity contribution in [3.05, 3.63) is 24.3 Å². The van der Waals surface area contributed by atoms with E-state index < -0.39 is 5.54 Å². The van der Waals surface area contributed by atoms with E-state index in [0.717, 1.165) is 30.7 Å². The number of aromatic nitrogens is 3. The summed E-state index contributed by atoms with van der Waals surface area (Å²) in [6, 6.07) is 7.62. The van der Waals surface area contributed by atoms with E-state index >= 15 is 0 Å². The van der Waals surface area contributed by atoms with Crippen LogP contribution in [0.3, 0.4) is 0 Å². The minimum Gasteiger partial charge on any atom is -0.353 e. The topological polar surface area (TPSA) is 63.1 Å². The zero-order chi connectivity index (χ0) is 16.2. The second-order valence-corrected chi connectivity index (χ2v) is 5.82. The Morgan fingerprint density at radius 2 is 1.73 bits per heavy atom. The van der Waals surface area contributed by atoms with Crippen molar-refractivity contribution in [1.29, 1.82) is 0 Å². The maximum atomic E-state index is 12.5. The van der Waals surface area contributed by atoms with Crippen LogP contribution in [0.1, 0.15) is 27.7 Å². The normalized spacial score (nSPS) is 12.0. The highest BCUT2D eigenvalue weighted by atomic mass is 16.2. The van der Waals surface area contributed by atoms with E-state index in [1.165, 1.54) is 4.80 Å². The molecule has 0 radical (unpaired) electrons. The van der Waals surface area contributed by atoms with Gasteiger partial charge in [-0.15, -0.1) is 0 Å². The number of fused-ring (bicyclic) bond motifs is 1. The summed E-state index contributed by atoms with van der Waals surface area (Å²) in [6.45, 7) is 11.4. The van der Waals surface area contributed by atoms with Crippen LogP contribution in [-0.2, 0) is 10.3 Å². The molecule has 0 saturated carbocycles. The number of hydrogen-bond acceptors (Lipinski definition) is 4. The van der Waals surface area contributed by atoms with E-state index in [1.54, 1.807) is 0 Å². The first-order valence-electron chi connectivity index (χ1n) is 7.82. The molecule has 0 spiro atoms. The Kier molecular flexibility index (Phi) is 5.13. The molecule has 0 atom stereocenters. The molecule has 1 N–H and O–H groups in total. The molecule has 1 heterocycles. The number of nitrogens with zero attached hydrogens (tertiary/aromatic N) is 4. The Bertz CT molecular complexity index is 597. The Labute approximate surface area is 131 Å². The zero-order valence-corrected chi connectivity index (χ0v) is 13.8. The largest absolute Gasteiger partial charge is 0.353 e. The third-order valence-corrected chi connectivity index (χ3v) is 3.95. The highest BCUT2D eigenvalue weighted by molar-refractivity contribution is 5.84. The van der Waals surface area contributed by atoms with Crippen molar-refractivity contribution in [2.45, 2.75) is 33.2 Å². The first-order valence-corrected chi connectivity index (χ1v) is 7.82. The number of carbonyl (C=O) groups excluding carboxylic acids is 1. The molecule has 6 heteroatoms. The monoisotopic (exact) mass is 303 g/mol. The summed E-state index contributed by atoms with van der Waals surface area (Å²) < 4.78 is 0. The van der Waals surface area contributed by atoms with E-state index in [1.807, 2.05) is 38.1 Å². The predicted octanol–water partition coefficient (Wildman–Crippen LogP) is 1.62. The average molecular weight is 303 g/mol. The summed E-state index contributed by atoms with van der Waals surface area (Å²) in [6.07, 6.45) is 0. The molecule has 0 aliphatic rings. The van der Waals surface area contributed by atoms with Gasteiger partial charge in [0.1, 0.15) is 11.0 Å². The van der Waals surface area contributed by atoms with Crippen LogP contribution in [0.2, 0.25) is 0 Å². The molecule has 22 heavy (non-hydrogen) atoms. The molecule has 1 aromatic carbocycles. The molecular weight excluding hydrogens is 278 g/mol. The average Bonchev–Trinajstić information content (AvgIpc) is 2.96. The molecule has 1 amide bonds. The fraction of sp³-hybridized carbons (Fsp3) is 0.562. The van der Waals surface area contributed by atoms with Gasteiger partial charge >= 0.3 is 0 Å². The second kappa shape index (κ2) is 6.87. The lowest BCUT2D eigenvalue weighted by atomic mass is 10.1.